The minimum atomic E-state index is -0.790. The third kappa shape index (κ3) is 9.86. The van der Waals surface area contributed by atoms with Crippen LogP contribution in [0.15, 0.2) is 66.9 Å². The smallest absolute Gasteiger partial charge is 0.247 e. The van der Waals surface area contributed by atoms with E-state index in [1.165, 1.54) is 6.08 Å². The predicted octanol–water partition coefficient (Wildman–Crippen LogP) is 5.01. The van der Waals surface area contributed by atoms with Crippen LogP contribution in [0.25, 0.3) is 17.0 Å². The van der Waals surface area contributed by atoms with Crippen molar-refractivity contribution in [2.45, 2.75) is 57.9 Å². The van der Waals surface area contributed by atoms with Gasteiger partial charge in [0.25, 0.3) is 0 Å². The van der Waals surface area contributed by atoms with Crippen molar-refractivity contribution in [3.05, 3.63) is 72.4 Å². The van der Waals surface area contributed by atoms with E-state index in [0.29, 0.717) is 43.5 Å². The third-order valence-corrected chi connectivity index (χ3v) is 6.12. The number of carbonyl (C=O) groups is 3. The number of amides is 3. The van der Waals surface area contributed by atoms with Crippen molar-refractivity contribution in [3.63, 3.8) is 0 Å². The molecule has 39 heavy (non-hydrogen) atoms. The van der Waals surface area contributed by atoms with Crippen molar-refractivity contribution in [2.75, 3.05) is 11.9 Å². The maximum Gasteiger partial charge on any atom is 0.247 e. The molecule has 2 aromatic carbocycles. The van der Waals surface area contributed by atoms with Crippen molar-refractivity contribution in [3.8, 4) is 5.75 Å². The first-order chi connectivity index (χ1) is 19.0. The standard InChI is InChI=1S/C30H36N4O5/c1-2-3-21-39-24-17-14-22(15-18-24)16-19-27(35)32-26(11-5-4-6-13-28(36)34-38)30(37)33-25-12-7-9-23-10-8-20-31-29(23)25/h7-10,12,14-20,26,38H,2-6,11,13,21H2,1H3,(H,32,35)(H,33,37)(H,34,36)/b19-16+/t26-/m0/s1. The van der Waals surface area contributed by atoms with Gasteiger partial charge in [0.2, 0.25) is 17.7 Å². The number of carbonyl (C=O) groups excluding carboxylic acids is 3. The van der Waals surface area contributed by atoms with Crippen molar-refractivity contribution < 1.29 is 24.3 Å². The van der Waals surface area contributed by atoms with Gasteiger partial charge in [0, 0.05) is 24.1 Å². The summed E-state index contributed by atoms with van der Waals surface area (Å²) < 4.78 is 5.67. The van der Waals surface area contributed by atoms with Gasteiger partial charge >= 0.3 is 0 Å². The number of hydrogen-bond acceptors (Lipinski definition) is 6. The summed E-state index contributed by atoms with van der Waals surface area (Å²) in [4.78, 5) is 41.6. The SMILES string of the molecule is CCCCOc1ccc(/C=C/C(=O)N[C@@H](CCCCCC(=O)NO)C(=O)Nc2cccc3cccnc23)cc1. The zero-order valence-electron chi connectivity index (χ0n) is 22.2. The van der Waals surface area contributed by atoms with Gasteiger partial charge in [0.05, 0.1) is 17.8 Å². The van der Waals surface area contributed by atoms with Crippen LogP contribution in [0.1, 0.15) is 57.4 Å². The molecule has 0 saturated heterocycles. The number of fused-ring (bicyclic) bond motifs is 1. The molecule has 3 amide bonds. The number of ether oxygens (including phenoxy) is 1. The normalized spacial score (nSPS) is 11.7. The lowest BCUT2D eigenvalue weighted by molar-refractivity contribution is -0.129. The third-order valence-electron chi connectivity index (χ3n) is 6.12. The van der Waals surface area contributed by atoms with Crippen LogP contribution in [0.4, 0.5) is 5.69 Å². The van der Waals surface area contributed by atoms with Gasteiger partial charge in [-0.05, 0) is 55.2 Å². The zero-order chi connectivity index (χ0) is 27.9. The van der Waals surface area contributed by atoms with Crippen LogP contribution in [0, 0.1) is 0 Å². The molecule has 1 atom stereocenters. The van der Waals surface area contributed by atoms with Crippen molar-refractivity contribution in [1.29, 1.82) is 0 Å². The largest absolute Gasteiger partial charge is 0.494 e. The predicted molar refractivity (Wildman–Crippen MR) is 151 cm³/mol. The highest BCUT2D eigenvalue weighted by Gasteiger charge is 2.21. The highest BCUT2D eigenvalue weighted by atomic mass is 16.5. The quantitative estimate of drug-likeness (QED) is 0.0943. The molecule has 0 aliphatic rings. The molecule has 1 aromatic heterocycles. The van der Waals surface area contributed by atoms with Gasteiger partial charge in [-0.2, -0.15) is 0 Å². The van der Waals surface area contributed by atoms with E-state index < -0.39 is 17.9 Å². The Kier molecular flexibility index (Phi) is 11.9. The van der Waals surface area contributed by atoms with Crippen LogP contribution in [-0.4, -0.2) is 40.6 Å². The molecule has 0 spiro atoms. The van der Waals surface area contributed by atoms with E-state index in [9.17, 15) is 14.4 Å². The van der Waals surface area contributed by atoms with E-state index in [1.54, 1.807) is 23.8 Å². The molecule has 4 N–H and O–H groups in total. The Labute approximate surface area is 228 Å². The summed E-state index contributed by atoms with van der Waals surface area (Å²) in [7, 11) is 0. The Bertz CT molecular complexity index is 1250. The van der Waals surface area contributed by atoms with Gasteiger partial charge in [-0.1, -0.05) is 56.5 Å². The minimum Gasteiger partial charge on any atom is -0.494 e. The molecular weight excluding hydrogens is 496 g/mol. The first-order valence-electron chi connectivity index (χ1n) is 13.3. The molecule has 0 aliphatic heterocycles. The van der Waals surface area contributed by atoms with E-state index in [0.717, 1.165) is 29.5 Å². The lowest BCUT2D eigenvalue weighted by atomic mass is 10.1. The molecule has 9 heteroatoms. The number of benzene rings is 2. The summed E-state index contributed by atoms with van der Waals surface area (Å²) in [5.41, 5.74) is 3.67. The van der Waals surface area contributed by atoms with Crippen molar-refractivity contribution >= 4 is 40.4 Å². The topological polar surface area (TPSA) is 130 Å². The van der Waals surface area contributed by atoms with E-state index in [-0.39, 0.29) is 12.3 Å². The van der Waals surface area contributed by atoms with E-state index in [1.807, 2.05) is 48.5 Å². The fourth-order valence-corrected chi connectivity index (χ4v) is 3.96. The molecule has 0 aliphatic carbocycles. The summed E-state index contributed by atoms with van der Waals surface area (Å²) >= 11 is 0. The number of anilines is 1. The molecule has 206 valence electrons. The molecule has 0 fully saturated rings. The lowest BCUT2D eigenvalue weighted by Crippen LogP contribution is -2.43. The second-order valence-electron chi connectivity index (χ2n) is 9.17. The molecule has 1 heterocycles. The number of aromatic nitrogens is 1. The Morgan fingerprint density at radius 2 is 1.79 bits per heavy atom. The molecule has 0 radical (unpaired) electrons. The van der Waals surface area contributed by atoms with Crippen molar-refractivity contribution in [1.82, 2.24) is 15.8 Å². The molecule has 3 rings (SSSR count). The van der Waals surface area contributed by atoms with Gasteiger partial charge in [-0.3, -0.25) is 24.6 Å². The number of nitrogens with one attached hydrogen (secondary N) is 3. The lowest BCUT2D eigenvalue weighted by Gasteiger charge is -2.18. The fraction of sp³-hybridized carbons (Fsp3) is 0.333. The van der Waals surface area contributed by atoms with E-state index in [4.69, 9.17) is 9.94 Å². The van der Waals surface area contributed by atoms with Crippen molar-refractivity contribution in [2.24, 2.45) is 0 Å². The van der Waals surface area contributed by atoms with Crippen LogP contribution in [0.2, 0.25) is 0 Å². The van der Waals surface area contributed by atoms with Gasteiger partial charge in [0.1, 0.15) is 11.8 Å². The number of hydroxylamine groups is 1. The Morgan fingerprint density at radius 3 is 2.56 bits per heavy atom. The summed E-state index contributed by atoms with van der Waals surface area (Å²) in [5.74, 6) is -0.418. The summed E-state index contributed by atoms with van der Waals surface area (Å²) in [6.45, 7) is 2.78. The number of rotatable bonds is 15. The van der Waals surface area contributed by atoms with Crippen LogP contribution in [0.5, 0.6) is 5.75 Å². The minimum absolute atomic E-state index is 0.187. The summed E-state index contributed by atoms with van der Waals surface area (Å²) in [5, 5.41) is 15.2. The maximum atomic E-state index is 13.2. The van der Waals surface area contributed by atoms with Gasteiger partial charge in [-0.15, -0.1) is 0 Å². The van der Waals surface area contributed by atoms with Gasteiger partial charge < -0.3 is 15.4 Å². The van der Waals surface area contributed by atoms with Gasteiger partial charge in [0.15, 0.2) is 0 Å². The number of nitrogens with zero attached hydrogens (tertiary/aromatic N) is 1. The average molecular weight is 533 g/mol. The Hall–Kier alpha value is -4.24. The monoisotopic (exact) mass is 532 g/mol. The Morgan fingerprint density at radius 1 is 1.00 bits per heavy atom. The molecule has 0 bridgehead atoms. The molecular formula is C30H36N4O5. The molecule has 0 unspecified atom stereocenters. The molecule has 3 aromatic rings. The van der Waals surface area contributed by atoms with Crippen LogP contribution >= 0.6 is 0 Å². The van der Waals surface area contributed by atoms with E-state index in [2.05, 4.69) is 22.5 Å². The fourth-order valence-electron chi connectivity index (χ4n) is 3.96. The number of unbranched alkanes of at least 4 members (excludes halogenated alkanes) is 3. The first kappa shape index (κ1) is 29.3. The number of pyridine rings is 1. The second kappa shape index (κ2) is 15.9. The number of para-hydroxylation sites is 1. The summed E-state index contributed by atoms with van der Waals surface area (Å²) in [6.07, 6.45) is 9.19. The highest BCUT2D eigenvalue weighted by Crippen LogP contribution is 2.21. The van der Waals surface area contributed by atoms with Crippen LogP contribution in [-0.2, 0) is 14.4 Å². The zero-order valence-corrected chi connectivity index (χ0v) is 22.2. The molecule has 9 nitrogen and oxygen atoms in total. The van der Waals surface area contributed by atoms with Crippen LogP contribution in [0.3, 0.4) is 0 Å². The van der Waals surface area contributed by atoms with Gasteiger partial charge in [-0.25, -0.2) is 5.48 Å². The summed E-state index contributed by atoms with van der Waals surface area (Å²) in [6, 6.07) is 15.9. The maximum absolute atomic E-state index is 13.2. The second-order valence-corrected chi connectivity index (χ2v) is 9.17. The average Bonchev–Trinajstić information content (AvgIpc) is 2.96. The van der Waals surface area contributed by atoms with E-state index >= 15 is 0 Å². The Balaban J connectivity index is 1.63. The highest BCUT2D eigenvalue weighted by molar-refractivity contribution is 6.04. The molecule has 0 saturated carbocycles. The first-order valence-corrected chi connectivity index (χ1v) is 13.3. The van der Waals surface area contributed by atoms with Crippen LogP contribution < -0.4 is 20.9 Å². The number of hydrogen-bond donors (Lipinski definition) is 4.